The van der Waals surface area contributed by atoms with Crippen molar-refractivity contribution >= 4 is 23.2 Å². The molecule has 1 fully saturated rings. The third-order valence-electron chi connectivity index (χ3n) is 3.96. The predicted molar refractivity (Wildman–Crippen MR) is 87.4 cm³/mol. The number of rotatable bonds is 6. The number of hydrogen-bond acceptors (Lipinski definition) is 4. The number of carbonyl (C=O) groups is 2. The van der Waals surface area contributed by atoms with Crippen molar-refractivity contribution < 1.29 is 19.4 Å². The minimum absolute atomic E-state index is 0.170. The number of ether oxygens (including phenoxy) is 1. The molecule has 1 saturated carbocycles. The van der Waals surface area contributed by atoms with Crippen LogP contribution in [0.15, 0.2) is 35.7 Å². The van der Waals surface area contributed by atoms with Crippen molar-refractivity contribution in [3.05, 3.63) is 40.6 Å². The van der Waals surface area contributed by atoms with Crippen LogP contribution in [0.3, 0.4) is 0 Å². The number of carbonyl (C=O) groups excluding carboxylic acids is 1. The Morgan fingerprint density at radius 3 is 2.61 bits per heavy atom. The summed E-state index contributed by atoms with van der Waals surface area (Å²) in [5, 5.41) is 13.7. The summed E-state index contributed by atoms with van der Waals surface area (Å²) in [4.78, 5) is 23.7. The fraction of sp³-hybridized carbons (Fsp3) is 0.294. The van der Waals surface area contributed by atoms with E-state index in [2.05, 4.69) is 5.32 Å². The summed E-state index contributed by atoms with van der Waals surface area (Å²) >= 11 is 1.57. The van der Waals surface area contributed by atoms with Gasteiger partial charge in [0.2, 0.25) is 5.91 Å². The Kier molecular flexibility index (Phi) is 4.34. The highest BCUT2D eigenvalue weighted by Gasteiger charge is 2.48. The molecule has 2 unspecified atom stereocenters. The van der Waals surface area contributed by atoms with Gasteiger partial charge in [-0.05, 0) is 41.1 Å². The monoisotopic (exact) mass is 331 g/mol. The normalized spacial score (nSPS) is 19.2. The summed E-state index contributed by atoms with van der Waals surface area (Å²) in [5.41, 5.74) is 2.18. The zero-order valence-electron chi connectivity index (χ0n) is 12.6. The molecule has 1 heterocycles. The van der Waals surface area contributed by atoms with Gasteiger partial charge >= 0.3 is 5.97 Å². The van der Waals surface area contributed by atoms with Gasteiger partial charge < -0.3 is 15.2 Å². The van der Waals surface area contributed by atoms with Gasteiger partial charge in [-0.1, -0.05) is 12.1 Å². The van der Waals surface area contributed by atoms with Crippen molar-refractivity contribution in [2.24, 2.45) is 11.8 Å². The second-order valence-electron chi connectivity index (χ2n) is 5.53. The molecule has 2 N–H and O–H groups in total. The molecule has 0 bridgehead atoms. The number of hydrogen-bond donors (Lipinski definition) is 2. The number of carboxylic acid groups (broad SMARTS) is 1. The second-order valence-corrected chi connectivity index (χ2v) is 6.53. The number of amides is 1. The number of benzene rings is 1. The lowest BCUT2D eigenvalue weighted by Gasteiger charge is -2.02. The van der Waals surface area contributed by atoms with E-state index in [0.717, 1.165) is 21.8 Å². The first-order valence-corrected chi connectivity index (χ1v) is 8.19. The van der Waals surface area contributed by atoms with Crippen LogP contribution in [-0.2, 0) is 16.1 Å². The molecule has 5 nitrogen and oxygen atoms in total. The summed E-state index contributed by atoms with van der Waals surface area (Å²) < 4.78 is 5.14. The molecule has 1 amide bonds. The Morgan fingerprint density at radius 1 is 1.26 bits per heavy atom. The van der Waals surface area contributed by atoms with Gasteiger partial charge in [0.25, 0.3) is 0 Å². The van der Waals surface area contributed by atoms with E-state index in [9.17, 15) is 9.59 Å². The van der Waals surface area contributed by atoms with Gasteiger partial charge in [-0.25, -0.2) is 0 Å². The first-order chi connectivity index (χ1) is 11.1. The van der Waals surface area contributed by atoms with Gasteiger partial charge in [-0.3, -0.25) is 9.59 Å². The maximum atomic E-state index is 11.9. The molecule has 23 heavy (non-hydrogen) atoms. The lowest BCUT2D eigenvalue weighted by Crippen LogP contribution is -2.25. The van der Waals surface area contributed by atoms with E-state index >= 15 is 0 Å². The van der Waals surface area contributed by atoms with E-state index in [4.69, 9.17) is 9.84 Å². The average molecular weight is 331 g/mol. The Balaban J connectivity index is 1.57. The number of nitrogens with one attached hydrogen (secondary N) is 1. The smallest absolute Gasteiger partial charge is 0.307 e. The van der Waals surface area contributed by atoms with Crippen molar-refractivity contribution in [2.75, 3.05) is 7.11 Å². The van der Waals surface area contributed by atoms with Gasteiger partial charge in [0.05, 0.1) is 25.5 Å². The van der Waals surface area contributed by atoms with Crippen LogP contribution in [0, 0.1) is 11.8 Å². The van der Waals surface area contributed by atoms with Crippen molar-refractivity contribution in [2.45, 2.75) is 13.0 Å². The zero-order valence-corrected chi connectivity index (χ0v) is 13.4. The Hall–Kier alpha value is -2.34. The Labute approximate surface area is 137 Å². The van der Waals surface area contributed by atoms with Crippen LogP contribution in [0.2, 0.25) is 0 Å². The summed E-state index contributed by atoms with van der Waals surface area (Å²) in [6, 6.07) is 9.84. The Bertz CT molecular complexity index is 722. The second kappa shape index (κ2) is 6.42. The van der Waals surface area contributed by atoms with Crippen molar-refractivity contribution in [1.82, 2.24) is 5.32 Å². The van der Waals surface area contributed by atoms with E-state index in [0.29, 0.717) is 13.0 Å². The molecule has 0 saturated heterocycles. The van der Waals surface area contributed by atoms with Crippen LogP contribution in [0.4, 0.5) is 0 Å². The fourth-order valence-corrected chi connectivity index (χ4v) is 3.30. The number of methoxy groups -OCH3 is 1. The summed E-state index contributed by atoms with van der Waals surface area (Å²) in [5.74, 6) is -1.12. The van der Waals surface area contributed by atoms with Gasteiger partial charge in [-0.15, -0.1) is 11.3 Å². The van der Waals surface area contributed by atoms with E-state index in [1.807, 2.05) is 35.7 Å². The van der Waals surface area contributed by atoms with E-state index in [-0.39, 0.29) is 11.8 Å². The summed E-state index contributed by atoms with van der Waals surface area (Å²) in [6.07, 6.45) is 0.447. The van der Waals surface area contributed by atoms with Crippen LogP contribution < -0.4 is 10.1 Å². The maximum absolute atomic E-state index is 11.9. The van der Waals surface area contributed by atoms with Crippen LogP contribution in [0.5, 0.6) is 5.75 Å². The van der Waals surface area contributed by atoms with Gasteiger partial charge in [0.15, 0.2) is 0 Å². The molecule has 0 radical (unpaired) electrons. The van der Waals surface area contributed by atoms with Gasteiger partial charge in [0, 0.05) is 4.88 Å². The van der Waals surface area contributed by atoms with Crippen molar-refractivity contribution in [3.8, 4) is 16.9 Å². The molecule has 1 aliphatic carbocycles. The maximum Gasteiger partial charge on any atom is 0.307 e. The highest BCUT2D eigenvalue weighted by atomic mass is 32.1. The van der Waals surface area contributed by atoms with Crippen LogP contribution in [0.1, 0.15) is 11.3 Å². The fourth-order valence-electron chi connectivity index (χ4n) is 2.47. The highest BCUT2D eigenvalue weighted by Crippen LogP contribution is 2.38. The number of carboxylic acids is 1. The lowest BCUT2D eigenvalue weighted by molar-refractivity contribution is -0.140. The molecule has 2 atom stereocenters. The molecule has 3 rings (SSSR count). The third kappa shape index (κ3) is 3.53. The molecule has 1 aromatic heterocycles. The molecule has 2 aromatic rings. The standard InChI is InChI=1S/C17H17NO4S/c1-22-12-4-2-10(3-5-12)11-6-13(23-9-11)8-18-16(19)14-7-15(14)17(20)21/h2-6,9,14-15H,7-8H2,1H3,(H,18,19)(H,20,21). The molecular weight excluding hydrogens is 314 g/mol. The topological polar surface area (TPSA) is 75.6 Å². The SMILES string of the molecule is COc1ccc(-c2csc(CNC(=O)C3CC3C(=O)O)c2)cc1. The predicted octanol–water partition coefficient (Wildman–Crippen LogP) is 2.76. The highest BCUT2D eigenvalue weighted by molar-refractivity contribution is 7.10. The Morgan fingerprint density at radius 2 is 2.00 bits per heavy atom. The van der Waals surface area contributed by atoms with Crippen LogP contribution in [-0.4, -0.2) is 24.1 Å². The zero-order chi connectivity index (χ0) is 16.4. The minimum Gasteiger partial charge on any atom is -0.497 e. The van der Waals surface area contributed by atoms with Crippen LogP contribution >= 0.6 is 11.3 Å². The molecule has 1 aliphatic rings. The average Bonchev–Trinajstić information content (AvgIpc) is 3.24. The largest absolute Gasteiger partial charge is 0.497 e. The summed E-state index contributed by atoms with van der Waals surface area (Å²) in [6.45, 7) is 0.433. The lowest BCUT2D eigenvalue weighted by atomic mass is 10.1. The van der Waals surface area contributed by atoms with Gasteiger partial charge in [0.1, 0.15) is 5.75 Å². The molecular formula is C17H17NO4S. The molecule has 1 aromatic carbocycles. The quantitative estimate of drug-likeness (QED) is 0.853. The molecule has 120 valence electrons. The van der Waals surface area contributed by atoms with Gasteiger partial charge in [-0.2, -0.15) is 0 Å². The van der Waals surface area contributed by atoms with E-state index < -0.39 is 11.9 Å². The number of thiophene rings is 1. The first-order valence-electron chi connectivity index (χ1n) is 7.31. The number of aliphatic carboxylic acids is 1. The van der Waals surface area contributed by atoms with Crippen molar-refractivity contribution in [1.29, 1.82) is 0 Å². The van der Waals surface area contributed by atoms with Crippen molar-refractivity contribution in [3.63, 3.8) is 0 Å². The van der Waals surface area contributed by atoms with Crippen LogP contribution in [0.25, 0.3) is 11.1 Å². The summed E-state index contributed by atoms with van der Waals surface area (Å²) in [7, 11) is 1.63. The first kappa shape index (κ1) is 15.6. The van der Waals surface area contributed by atoms with E-state index in [1.165, 1.54) is 0 Å². The molecule has 0 aliphatic heterocycles. The molecule has 6 heteroatoms. The molecule has 0 spiro atoms. The minimum atomic E-state index is -0.886. The third-order valence-corrected chi connectivity index (χ3v) is 4.90. The van der Waals surface area contributed by atoms with E-state index in [1.54, 1.807) is 18.4 Å².